The molecule has 0 aliphatic carbocycles. The normalized spacial score (nSPS) is 13.8. The lowest BCUT2D eigenvalue weighted by Crippen LogP contribution is -2.58. The molecule has 198 valence electrons. The first-order valence-corrected chi connectivity index (χ1v) is 14.5. The Hall–Kier alpha value is -2.04. The van der Waals surface area contributed by atoms with Crippen molar-refractivity contribution in [1.82, 2.24) is 20.8 Å². The Bertz CT molecular complexity index is 1140. The first-order chi connectivity index (χ1) is 17.0. The van der Waals surface area contributed by atoms with E-state index in [4.69, 9.17) is 9.94 Å². The van der Waals surface area contributed by atoms with Gasteiger partial charge in [-0.05, 0) is 49.4 Å². The molecule has 0 spiro atoms. The van der Waals surface area contributed by atoms with E-state index in [0.29, 0.717) is 14.7 Å². The maximum atomic E-state index is 13.1. The van der Waals surface area contributed by atoms with Gasteiger partial charge in [0.25, 0.3) is 15.9 Å². The Morgan fingerprint density at radius 3 is 2.36 bits per heavy atom. The number of alkyl carbamates (subject to hydrolysis) is 1. The zero-order valence-electron chi connectivity index (χ0n) is 19.3. The fraction of sp³-hybridized carbons (Fsp3) is 0.381. The highest BCUT2D eigenvalue weighted by Gasteiger charge is 2.33. The van der Waals surface area contributed by atoms with Crippen LogP contribution in [0, 0.1) is 5.92 Å². The monoisotopic (exact) mass is 668 g/mol. The summed E-state index contributed by atoms with van der Waals surface area (Å²) in [5, 5.41) is 13.8. The average Bonchev–Trinajstić information content (AvgIpc) is 3.22. The van der Waals surface area contributed by atoms with Crippen LogP contribution < -0.4 is 20.8 Å². The summed E-state index contributed by atoms with van der Waals surface area (Å²) in [7, 11) is -4.07. The molecule has 0 unspecified atom stereocenters. The minimum Gasteiger partial charge on any atom is -0.445 e. The standard InChI is InChI=1S/C21H26Br2N4O7S2/c1-3-12(2)17(27-36(32,33)16-9-14(22)18(23)35-16)20(29)25-15(19(28)26-31)10-24-21(30)34-11-13-7-5-4-6-8-13/h4-9,12,15,17,27,31H,3,10-11H2,1-2H3,(H,24,30)(H,25,29)(H,26,28)/t12-,15-,17-/m0/s1. The third-order valence-corrected chi connectivity index (χ3v) is 10.2. The number of halogens is 2. The molecule has 2 rings (SSSR count). The van der Waals surface area contributed by atoms with Crippen molar-refractivity contribution < 1.29 is 32.7 Å². The predicted molar refractivity (Wildman–Crippen MR) is 140 cm³/mol. The summed E-state index contributed by atoms with van der Waals surface area (Å²) in [6, 6.07) is 7.66. The quantitative estimate of drug-likeness (QED) is 0.171. The Morgan fingerprint density at radius 2 is 1.81 bits per heavy atom. The lowest BCUT2D eigenvalue weighted by atomic mass is 9.99. The van der Waals surface area contributed by atoms with Crippen LogP contribution in [0.3, 0.4) is 0 Å². The van der Waals surface area contributed by atoms with Crippen molar-refractivity contribution in [3.8, 4) is 0 Å². The van der Waals surface area contributed by atoms with Crippen LogP contribution in [0.2, 0.25) is 0 Å². The predicted octanol–water partition coefficient (Wildman–Crippen LogP) is 2.88. The van der Waals surface area contributed by atoms with Gasteiger partial charge in [-0.2, -0.15) is 4.72 Å². The molecular formula is C21H26Br2N4O7S2. The van der Waals surface area contributed by atoms with Gasteiger partial charge in [-0.15, -0.1) is 11.3 Å². The molecule has 3 amide bonds. The second-order valence-corrected chi connectivity index (χ2v) is 12.8. The first-order valence-electron chi connectivity index (χ1n) is 10.6. The van der Waals surface area contributed by atoms with E-state index in [9.17, 15) is 22.8 Å². The average molecular weight is 670 g/mol. The molecule has 0 bridgehead atoms. The smallest absolute Gasteiger partial charge is 0.407 e. The van der Waals surface area contributed by atoms with Crippen molar-refractivity contribution in [2.75, 3.05) is 6.54 Å². The van der Waals surface area contributed by atoms with Crippen molar-refractivity contribution in [3.63, 3.8) is 0 Å². The third-order valence-electron chi connectivity index (χ3n) is 5.07. The van der Waals surface area contributed by atoms with Crippen LogP contribution in [0.1, 0.15) is 25.8 Å². The maximum Gasteiger partial charge on any atom is 0.407 e. The van der Waals surface area contributed by atoms with E-state index < -0.39 is 52.5 Å². The van der Waals surface area contributed by atoms with Gasteiger partial charge in [-0.1, -0.05) is 50.6 Å². The number of benzene rings is 1. The molecule has 1 aromatic heterocycles. The van der Waals surface area contributed by atoms with E-state index in [0.717, 1.165) is 16.9 Å². The molecule has 36 heavy (non-hydrogen) atoms. The lowest BCUT2D eigenvalue weighted by Gasteiger charge is -2.25. The van der Waals surface area contributed by atoms with E-state index in [1.54, 1.807) is 38.1 Å². The highest BCUT2D eigenvalue weighted by molar-refractivity contribution is 9.13. The Balaban J connectivity index is 2.08. The summed E-state index contributed by atoms with van der Waals surface area (Å²) in [4.78, 5) is 37.2. The van der Waals surface area contributed by atoms with E-state index in [1.165, 1.54) is 11.5 Å². The number of carbonyl (C=O) groups excluding carboxylic acids is 3. The van der Waals surface area contributed by atoms with Gasteiger partial charge in [-0.25, -0.2) is 18.7 Å². The number of thiophene rings is 1. The third kappa shape index (κ3) is 8.81. The summed E-state index contributed by atoms with van der Waals surface area (Å²) in [6.45, 7) is 3.02. The number of hydroxylamine groups is 1. The van der Waals surface area contributed by atoms with Crippen molar-refractivity contribution in [2.24, 2.45) is 5.92 Å². The SMILES string of the molecule is CC[C@H](C)[C@H](NS(=O)(=O)c1cc(Br)c(Br)s1)C(=O)N[C@@H](CNC(=O)OCc1ccccc1)C(=O)NO. The first kappa shape index (κ1) is 30.2. The van der Waals surface area contributed by atoms with Gasteiger partial charge in [0.2, 0.25) is 5.91 Å². The molecule has 3 atom stereocenters. The van der Waals surface area contributed by atoms with Gasteiger partial charge in [0.15, 0.2) is 0 Å². The largest absolute Gasteiger partial charge is 0.445 e. The number of ether oxygens (including phenoxy) is 1. The number of carbonyl (C=O) groups is 3. The summed E-state index contributed by atoms with van der Waals surface area (Å²) in [5.74, 6) is -2.27. The molecule has 2 aromatic rings. The second kappa shape index (κ2) is 14.0. The molecule has 0 saturated carbocycles. The lowest BCUT2D eigenvalue weighted by molar-refractivity contribution is -0.135. The maximum absolute atomic E-state index is 13.1. The van der Waals surface area contributed by atoms with Crippen LogP contribution in [0.4, 0.5) is 4.79 Å². The zero-order valence-corrected chi connectivity index (χ0v) is 24.1. The van der Waals surface area contributed by atoms with E-state index in [2.05, 4.69) is 47.2 Å². The highest BCUT2D eigenvalue weighted by Crippen LogP contribution is 2.35. The summed E-state index contributed by atoms with van der Waals surface area (Å²) in [6.07, 6.45) is -0.406. The number of hydrogen-bond donors (Lipinski definition) is 5. The molecule has 0 fully saturated rings. The number of hydrogen-bond acceptors (Lipinski definition) is 8. The van der Waals surface area contributed by atoms with Gasteiger partial charge in [-0.3, -0.25) is 14.8 Å². The Kier molecular flexibility index (Phi) is 11.8. The van der Waals surface area contributed by atoms with Gasteiger partial charge in [0.05, 0.1) is 10.3 Å². The summed E-state index contributed by atoms with van der Waals surface area (Å²) >= 11 is 7.44. The second-order valence-electron chi connectivity index (χ2n) is 7.65. The number of nitrogens with one attached hydrogen (secondary N) is 4. The highest BCUT2D eigenvalue weighted by atomic mass is 79.9. The molecular weight excluding hydrogens is 644 g/mol. The molecule has 15 heteroatoms. The molecule has 1 heterocycles. The topological polar surface area (TPSA) is 163 Å². The van der Waals surface area contributed by atoms with Gasteiger partial charge in [0.1, 0.15) is 22.9 Å². The molecule has 0 aliphatic heterocycles. The zero-order chi connectivity index (χ0) is 26.9. The number of sulfonamides is 1. The number of amides is 3. The van der Waals surface area contributed by atoms with E-state index in [1.807, 2.05) is 6.07 Å². The van der Waals surface area contributed by atoms with Gasteiger partial charge < -0.3 is 15.4 Å². The van der Waals surface area contributed by atoms with Crippen molar-refractivity contribution in [2.45, 2.75) is 43.2 Å². The molecule has 0 saturated heterocycles. The molecule has 0 aliphatic rings. The van der Waals surface area contributed by atoms with Crippen molar-refractivity contribution >= 4 is 71.1 Å². The fourth-order valence-electron chi connectivity index (χ4n) is 2.86. The van der Waals surface area contributed by atoms with Crippen LogP contribution in [-0.4, -0.2) is 50.2 Å². The molecule has 11 nitrogen and oxygen atoms in total. The molecule has 5 N–H and O–H groups in total. The van der Waals surface area contributed by atoms with Gasteiger partial charge >= 0.3 is 6.09 Å². The summed E-state index contributed by atoms with van der Waals surface area (Å²) < 4.78 is 34.3. The Morgan fingerprint density at radius 1 is 1.14 bits per heavy atom. The van der Waals surface area contributed by atoms with Crippen LogP contribution in [0.15, 0.2) is 48.9 Å². The van der Waals surface area contributed by atoms with Crippen LogP contribution >= 0.6 is 43.2 Å². The van der Waals surface area contributed by atoms with Crippen molar-refractivity contribution in [1.29, 1.82) is 0 Å². The minimum absolute atomic E-state index is 0.0112. The molecule has 1 aromatic carbocycles. The van der Waals surface area contributed by atoms with Crippen LogP contribution in [0.5, 0.6) is 0 Å². The van der Waals surface area contributed by atoms with Gasteiger partial charge in [0, 0.05) is 4.47 Å². The van der Waals surface area contributed by atoms with E-state index in [-0.39, 0.29) is 10.8 Å². The number of rotatable bonds is 12. The molecule has 0 radical (unpaired) electrons. The summed E-state index contributed by atoms with van der Waals surface area (Å²) in [5.41, 5.74) is 2.17. The van der Waals surface area contributed by atoms with Crippen LogP contribution in [0.25, 0.3) is 0 Å². The fourth-order valence-corrected chi connectivity index (χ4v) is 7.00. The van der Waals surface area contributed by atoms with E-state index >= 15 is 0 Å². The minimum atomic E-state index is -4.07. The van der Waals surface area contributed by atoms with Crippen molar-refractivity contribution in [3.05, 3.63) is 50.2 Å². The Labute approximate surface area is 229 Å². The van der Waals surface area contributed by atoms with Crippen LogP contribution in [-0.2, 0) is 31.0 Å².